The third-order valence-electron chi connectivity index (χ3n) is 1.70. The van der Waals surface area contributed by atoms with Crippen LogP contribution in [0.15, 0.2) is 29.2 Å². The average Bonchev–Trinajstić information content (AvgIpc) is 2.06. The molecule has 0 saturated carbocycles. The van der Waals surface area contributed by atoms with Crippen LogP contribution >= 0.6 is 10.0 Å². The molecule has 0 aliphatic rings. The third-order valence-corrected chi connectivity index (χ3v) is 3.36. The van der Waals surface area contributed by atoms with Gasteiger partial charge in [0, 0.05) is 0 Å². The van der Waals surface area contributed by atoms with E-state index < -0.39 is 10.0 Å². The van der Waals surface area contributed by atoms with Crippen molar-refractivity contribution in [2.75, 3.05) is 18.8 Å². The Morgan fingerprint density at radius 2 is 1.54 bits per heavy atom. The SMILES string of the molecule is CC.Cc1cccc(S(C)(C)C)c1. The Morgan fingerprint density at radius 1 is 1.00 bits per heavy atom. The molecule has 0 aromatic heterocycles. The topological polar surface area (TPSA) is 0 Å². The minimum atomic E-state index is -0.525. The van der Waals surface area contributed by atoms with E-state index in [1.165, 1.54) is 10.5 Å². The van der Waals surface area contributed by atoms with E-state index >= 15 is 0 Å². The summed E-state index contributed by atoms with van der Waals surface area (Å²) >= 11 is 0. The fourth-order valence-corrected chi connectivity index (χ4v) is 2.02. The van der Waals surface area contributed by atoms with Crippen molar-refractivity contribution in [1.29, 1.82) is 0 Å². The minimum Gasteiger partial charge on any atom is -0.223 e. The summed E-state index contributed by atoms with van der Waals surface area (Å²) in [5.41, 5.74) is 1.37. The molecule has 13 heavy (non-hydrogen) atoms. The van der Waals surface area contributed by atoms with E-state index in [0.717, 1.165) is 0 Å². The Bertz CT molecular complexity index is 246. The van der Waals surface area contributed by atoms with Crippen molar-refractivity contribution < 1.29 is 0 Å². The molecule has 1 aromatic carbocycles. The third kappa shape index (κ3) is 4.37. The molecule has 0 bridgehead atoms. The number of hydrogen-bond acceptors (Lipinski definition) is 0. The lowest BCUT2D eigenvalue weighted by atomic mass is 10.2. The highest BCUT2D eigenvalue weighted by molar-refractivity contribution is 8.32. The standard InChI is InChI=1S/C10H16S.C2H6/c1-9-6-5-7-10(8-9)11(2,3)4;1-2/h5-8H,1-4H3;1-2H3. The van der Waals surface area contributed by atoms with E-state index in [9.17, 15) is 0 Å². The lowest BCUT2D eigenvalue weighted by Gasteiger charge is -2.25. The van der Waals surface area contributed by atoms with E-state index in [-0.39, 0.29) is 0 Å². The van der Waals surface area contributed by atoms with Crippen molar-refractivity contribution in [3.8, 4) is 0 Å². The van der Waals surface area contributed by atoms with Gasteiger partial charge < -0.3 is 0 Å². The van der Waals surface area contributed by atoms with Crippen molar-refractivity contribution in [2.45, 2.75) is 25.7 Å². The van der Waals surface area contributed by atoms with E-state index in [0.29, 0.717) is 0 Å². The van der Waals surface area contributed by atoms with Crippen LogP contribution in [0.3, 0.4) is 0 Å². The molecule has 0 saturated heterocycles. The van der Waals surface area contributed by atoms with Gasteiger partial charge in [0.15, 0.2) is 0 Å². The lowest BCUT2D eigenvalue weighted by Crippen LogP contribution is -1.92. The summed E-state index contributed by atoms with van der Waals surface area (Å²) < 4.78 is 0. The summed E-state index contributed by atoms with van der Waals surface area (Å²) in [5.74, 6) is 0. The normalized spacial score (nSPS) is 11.5. The van der Waals surface area contributed by atoms with Crippen molar-refractivity contribution >= 4 is 10.0 Å². The Labute approximate surface area is 84.7 Å². The second-order valence-corrected chi connectivity index (χ2v) is 7.80. The Kier molecular flexibility index (Phi) is 5.16. The maximum atomic E-state index is 2.32. The minimum absolute atomic E-state index is 0.525. The maximum absolute atomic E-state index is 2.32. The Balaban J connectivity index is 0.000000671. The lowest BCUT2D eigenvalue weighted by molar-refractivity contribution is 1.35. The van der Waals surface area contributed by atoms with Crippen LogP contribution in [-0.2, 0) is 0 Å². The van der Waals surface area contributed by atoms with Gasteiger partial charge in [0.05, 0.1) is 0 Å². The molecule has 0 amide bonds. The molecule has 0 heterocycles. The van der Waals surface area contributed by atoms with Gasteiger partial charge in [-0.1, -0.05) is 37.6 Å². The molecule has 0 aliphatic carbocycles. The quantitative estimate of drug-likeness (QED) is 0.638. The predicted molar refractivity (Wildman–Crippen MR) is 66.2 cm³/mol. The van der Waals surface area contributed by atoms with Crippen LogP contribution in [0.25, 0.3) is 0 Å². The molecule has 0 N–H and O–H groups in total. The summed E-state index contributed by atoms with van der Waals surface area (Å²) in [6, 6.07) is 8.80. The molecule has 0 aliphatic heterocycles. The zero-order chi connectivity index (χ0) is 10.5. The van der Waals surface area contributed by atoms with Crippen LogP contribution < -0.4 is 0 Å². The predicted octanol–water partition coefficient (Wildman–Crippen LogP) is 4.07. The zero-order valence-electron chi connectivity index (χ0n) is 9.72. The first-order chi connectivity index (χ1) is 6.00. The molecule has 0 radical (unpaired) electrons. The second-order valence-electron chi connectivity index (χ2n) is 3.65. The van der Waals surface area contributed by atoms with Crippen LogP contribution in [0.5, 0.6) is 0 Å². The largest absolute Gasteiger partial charge is 0.223 e. The second kappa shape index (κ2) is 5.33. The van der Waals surface area contributed by atoms with Crippen LogP contribution in [0.4, 0.5) is 0 Å². The fraction of sp³-hybridized carbons (Fsp3) is 0.500. The van der Waals surface area contributed by atoms with Crippen molar-refractivity contribution in [3.05, 3.63) is 29.8 Å². The first-order valence-electron chi connectivity index (χ1n) is 4.75. The van der Waals surface area contributed by atoms with Crippen molar-refractivity contribution in [3.63, 3.8) is 0 Å². The average molecular weight is 198 g/mol. The first-order valence-corrected chi connectivity index (χ1v) is 7.61. The molecule has 0 atom stereocenters. The Morgan fingerprint density at radius 3 is 1.85 bits per heavy atom. The van der Waals surface area contributed by atoms with Crippen LogP contribution in [0.1, 0.15) is 19.4 Å². The van der Waals surface area contributed by atoms with Gasteiger partial charge >= 0.3 is 0 Å². The maximum Gasteiger partial charge on any atom is -0.0104 e. The molecular weight excluding hydrogens is 176 g/mol. The monoisotopic (exact) mass is 198 g/mol. The molecule has 1 rings (SSSR count). The first kappa shape index (κ1) is 12.6. The van der Waals surface area contributed by atoms with E-state index in [4.69, 9.17) is 0 Å². The van der Waals surface area contributed by atoms with Gasteiger partial charge in [-0.25, -0.2) is 10.0 Å². The van der Waals surface area contributed by atoms with Crippen LogP contribution in [-0.4, -0.2) is 18.8 Å². The molecular formula is C12H22S. The highest BCUT2D eigenvalue weighted by Gasteiger charge is 2.06. The number of hydrogen-bond donors (Lipinski definition) is 0. The smallest absolute Gasteiger partial charge is 0.0104 e. The highest BCUT2D eigenvalue weighted by atomic mass is 32.3. The van der Waals surface area contributed by atoms with E-state index in [1.54, 1.807) is 0 Å². The van der Waals surface area contributed by atoms with Crippen LogP contribution in [0.2, 0.25) is 0 Å². The van der Waals surface area contributed by atoms with Gasteiger partial charge in [0.25, 0.3) is 0 Å². The number of rotatable bonds is 1. The molecule has 0 fully saturated rings. The van der Waals surface area contributed by atoms with Gasteiger partial charge in [0.2, 0.25) is 0 Å². The van der Waals surface area contributed by atoms with Crippen molar-refractivity contribution in [1.82, 2.24) is 0 Å². The summed E-state index contributed by atoms with van der Waals surface area (Å²) in [6.45, 7) is 6.15. The molecule has 0 spiro atoms. The molecule has 1 aromatic rings. The van der Waals surface area contributed by atoms with Gasteiger partial charge in [-0.05, 0) is 36.7 Å². The highest BCUT2D eigenvalue weighted by Crippen LogP contribution is 2.44. The number of benzene rings is 1. The van der Waals surface area contributed by atoms with Gasteiger partial charge in [-0.3, -0.25) is 0 Å². The summed E-state index contributed by atoms with van der Waals surface area (Å²) in [5, 5.41) is 0. The molecule has 1 heteroatoms. The zero-order valence-corrected chi connectivity index (χ0v) is 10.5. The van der Waals surface area contributed by atoms with Gasteiger partial charge in [-0.2, -0.15) is 0 Å². The fourth-order valence-electron chi connectivity index (χ4n) is 0.996. The van der Waals surface area contributed by atoms with E-state index in [1.807, 2.05) is 13.8 Å². The molecule has 0 unspecified atom stereocenters. The van der Waals surface area contributed by atoms with Crippen LogP contribution in [0, 0.1) is 6.92 Å². The molecule has 0 nitrogen and oxygen atoms in total. The van der Waals surface area contributed by atoms with E-state index in [2.05, 4.69) is 50.0 Å². The van der Waals surface area contributed by atoms with Crippen molar-refractivity contribution in [2.24, 2.45) is 0 Å². The molecule has 76 valence electrons. The van der Waals surface area contributed by atoms with Gasteiger partial charge in [0.1, 0.15) is 0 Å². The summed E-state index contributed by atoms with van der Waals surface area (Å²) in [4.78, 5) is 1.50. The number of aryl methyl sites for hydroxylation is 1. The Hall–Kier alpha value is -0.430. The summed E-state index contributed by atoms with van der Waals surface area (Å²) in [7, 11) is -0.525. The summed E-state index contributed by atoms with van der Waals surface area (Å²) in [6.07, 6.45) is 6.96. The van der Waals surface area contributed by atoms with Gasteiger partial charge in [-0.15, -0.1) is 0 Å².